The molecule has 0 aromatic carbocycles. The van der Waals surface area contributed by atoms with E-state index in [1.165, 1.54) is 6.20 Å². The Balaban J connectivity index is 2.59. The first kappa shape index (κ1) is 8.67. The molecule has 0 aliphatic carbocycles. The molecule has 0 amide bonds. The van der Waals surface area contributed by atoms with Crippen LogP contribution in [0.2, 0.25) is 0 Å². The lowest BCUT2D eigenvalue weighted by Crippen LogP contribution is -2.30. The first-order valence-corrected chi connectivity index (χ1v) is 3.57. The molecule has 12 heavy (non-hydrogen) atoms. The maximum atomic E-state index is 10.9. The number of nitrogens with zero attached hydrogens (tertiary/aromatic N) is 1. The molecule has 0 unspecified atom stereocenters. The molecule has 0 aliphatic heterocycles. The van der Waals surface area contributed by atoms with Gasteiger partial charge in [-0.05, 0) is 19.1 Å². The summed E-state index contributed by atoms with van der Waals surface area (Å²) in [6, 6.07) is 2.72. The van der Waals surface area contributed by atoms with Crippen LogP contribution in [0, 0.1) is 0 Å². The van der Waals surface area contributed by atoms with E-state index in [-0.39, 0.29) is 0 Å². The second-order valence-electron chi connectivity index (χ2n) is 2.40. The highest BCUT2D eigenvalue weighted by Gasteiger charge is 2.09. The van der Waals surface area contributed by atoms with E-state index in [4.69, 9.17) is 10.5 Å². The Kier molecular flexibility index (Phi) is 2.76. The van der Waals surface area contributed by atoms with Crippen molar-refractivity contribution >= 4 is 5.97 Å². The third-order valence-electron chi connectivity index (χ3n) is 1.22. The van der Waals surface area contributed by atoms with Gasteiger partial charge in [-0.3, -0.25) is 4.98 Å². The summed E-state index contributed by atoms with van der Waals surface area (Å²) in [5.74, 6) is -0.0391. The molecule has 2 N–H and O–H groups in total. The second kappa shape index (κ2) is 3.82. The van der Waals surface area contributed by atoms with E-state index in [0.29, 0.717) is 5.75 Å². The molecule has 1 rings (SSSR count). The summed E-state index contributed by atoms with van der Waals surface area (Å²) in [5, 5.41) is 0. The Morgan fingerprint density at radius 2 is 2.50 bits per heavy atom. The van der Waals surface area contributed by atoms with E-state index < -0.39 is 12.0 Å². The summed E-state index contributed by atoms with van der Waals surface area (Å²) < 4.78 is 4.85. The van der Waals surface area contributed by atoms with Crippen LogP contribution in [0.25, 0.3) is 0 Å². The number of aromatic nitrogens is 1. The molecule has 1 atom stereocenters. The first-order chi connectivity index (χ1) is 5.70. The number of carbonyl (C=O) groups excluding carboxylic acids is 1. The Morgan fingerprint density at radius 1 is 1.75 bits per heavy atom. The van der Waals surface area contributed by atoms with Crippen LogP contribution in [0.5, 0.6) is 5.75 Å². The van der Waals surface area contributed by atoms with Crippen LogP contribution in [-0.2, 0) is 4.79 Å². The zero-order valence-electron chi connectivity index (χ0n) is 6.73. The number of ether oxygens (including phenoxy) is 1. The largest absolute Gasteiger partial charge is 0.424 e. The number of esters is 1. The predicted octanol–water partition coefficient (Wildman–Crippen LogP) is 0.334. The van der Waals surface area contributed by atoms with E-state index in [1.54, 1.807) is 25.3 Å². The maximum Gasteiger partial charge on any atom is 0.328 e. The lowest BCUT2D eigenvalue weighted by atomic mass is 10.4. The molecule has 1 aromatic heterocycles. The number of nitrogens with two attached hydrogens (primary N) is 1. The minimum absolute atomic E-state index is 0.416. The van der Waals surface area contributed by atoms with Gasteiger partial charge in [0.1, 0.15) is 11.8 Å². The maximum absolute atomic E-state index is 10.9. The third kappa shape index (κ3) is 2.32. The molecular weight excluding hydrogens is 156 g/mol. The number of rotatable bonds is 2. The number of carbonyl (C=O) groups is 1. The van der Waals surface area contributed by atoms with Gasteiger partial charge in [0.05, 0.1) is 6.20 Å². The minimum atomic E-state index is -0.606. The van der Waals surface area contributed by atoms with Crippen LogP contribution in [0.3, 0.4) is 0 Å². The topological polar surface area (TPSA) is 65.2 Å². The molecule has 0 radical (unpaired) electrons. The van der Waals surface area contributed by atoms with Gasteiger partial charge < -0.3 is 10.5 Å². The van der Waals surface area contributed by atoms with Crippen molar-refractivity contribution in [3.05, 3.63) is 24.5 Å². The van der Waals surface area contributed by atoms with Crippen molar-refractivity contribution < 1.29 is 9.53 Å². The quantitative estimate of drug-likeness (QED) is 0.643. The van der Waals surface area contributed by atoms with Crippen molar-refractivity contribution in [1.82, 2.24) is 4.98 Å². The fraction of sp³-hybridized carbons (Fsp3) is 0.250. The van der Waals surface area contributed by atoms with Crippen LogP contribution >= 0.6 is 0 Å². The zero-order valence-corrected chi connectivity index (χ0v) is 6.73. The van der Waals surface area contributed by atoms with Crippen molar-refractivity contribution in [1.29, 1.82) is 0 Å². The fourth-order valence-electron chi connectivity index (χ4n) is 0.617. The van der Waals surface area contributed by atoms with Gasteiger partial charge in [0.25, 0.3) is 0 Å². The highest BCUT2D eigenvalue weighted by molar-refractivity contribution is 5.77. The molecule has 4 heteroatoms. The molecule has 4 nitrogen and oxygen atoms in total. The predicted molar refractivity (Wildman–Crippen MR) is 43.5 cm³/mol. The van der Waals surface area contributed by atoms with Gasteiger partial charge in [-0.25, -0.2) is 4.79 Å². The van der Waals surface area contributed by atoms with Crippen molar-refractivity contribution in [2.45, 2.75) is 13.0 Å². The summed E-state index contributed by atoms with van der Waals surface area (Å²) in [5.41, 5.74) is 5.29. The average molecular weight is 166 g/mol. The van der Waals surface area contributed by atoms with Gasteiger partial charge >= 0.3 is 5.97 Å². The number of hydrogen-bond acceptors (Lipinski definition) is 4. The standard InChI is InChI=1S/C8H10N2O2/c1-6(9)8(11)12-7-3-2-4-10-5-7/h2-6H,9H2,1H3/t6-/m1/s1. The number of pyridine rings is 1. The van der Waals surface area contributed by atoms with Crippen molar-refractivity contribution in [2.75, 3.05) is 0 Å². The normalized spacial score (nSPS) is 12.2. The summed E-state index contributed by atoms with van der Waals surface area (Å²) in [4.78, 5) is 14.7. The summed E-state index contributed by atoms with van der Waals surface area (Å²) in [6.07, 6.45) is 3.06. The highest BCUT2D eigenvalue weighted by atomic mass is 16.5. The molecule has 1 aromatic rings. The van der Waals surface area contributed by atoms with Crippen LogP contribution in [0.15, 0.2) is 24.5 Å². The van der Waals surface area contributed by atoms with E-state index in [1.807, 2.05) is 0 Å². The average Bonchev–Trinajstić information content (AvgIpc) is 2.06. The SMILES string of the molecule is C[C@@H](N)C(=O)Oc1cccnc1. The van der Waals surface area contributed by atoms with Crippen LogP contribution in [0.4, 0.5) is 0 Å². The zero-order chi connectivity index (χ0) is 8.97. The van der Waals surface area contributed by atoms with Crippen LogP contribution < -0.4 is 10.5 Å². The van der Waals surface area contributed by atoms with Crippen molar-refractivity contribution in [3.8, 4) is 5.75 Å². The molecule has 0 saturated carbocycles. The summed E-state index contributed by atoms with van der Waals surface area (Å²) in [6.45, 7) is 1.57. The van der Waals surface area contributed by atoms with Gasteiger partial charge in [0, 0.05) is 6.20 Å². The molecule has 0 spiro atoms. The molecule has 0 aliphatic rings. The summed E-state index contributed by atoms with van der Waals surface area (Å²) in [7, 11) is 0. The van der Waals surface area contributed by atoms with Crippen molar-refractivity contribution in [3.63, 3.8) is 0 Å². The van der Waals surface area contributed by atoms with Crippen LogP contribution in [0.1, 0.15) is 6.92 Å². The Bertz CT molecular complexity index is 259. The second-order valence-corrected chi connectivity index (χ2v) is 2.40. The summed E-state index contributed by atoms with van der Waals surface area (Å²) >= 11 is 0. The molecule has 1 heterocycles. The monoisotopic (exact) mass is 166 g/mol. The molecule has 0 fully saturated rings. The Morgan fingerprint density at radius 3 is 3.00 bits per heavy atom. The molecule has 64 valence electrons. The Hall–Kier alpha value is -1.42. The van der Waals surface area contributed by atoms with Crippen molar-refractivity contribution in [2.24, 2.45) is 5.73 Å². The molecule has 0 saturated heterocycles. The lowest BCUT2D eigenvalue weighted by Gasteiger charge is -2.04. The smallest absolute Gasteiger partial charge is 0.328 e. The van der Waals surface area contributed by atoms with Gasteiger partial charge in [0.15, 0.2) is 0 Å². The third-order valence-corrected chi connectivity index (χ3v) is 1.22. The fourth-order valence-corrected chi connectivity index (χ4v) is 0.617. The first-order valence-electron chi connectivity index (χ1n) is 3.57. The molecular formula is C8H10N2O2. The minimum Gasteiger partial charge on any atom is -0.424 e. The van der Waals surface area contributed by atoms with Gasteiger partial charge in [-0.1, -0.05) is 0 Å². The van der Waals surface area contributed by atoms with E-state index in [0.717, 1.165) is 0 Å². The van der Waals surface area contributed by atoms with E-state index in [9.17, 15) is 4.79 Å². The van der Waals surface area contributed by atoms with E-state index >= 15 is 0 Å². The van der Waals surface area contributed by atoms with Crippen LogP contribution in [-0.4, -0.2) is 17.0 Å². The van der Waals surface area contributed by atoms with Gasteiger partial charge in [0.2, 0.25) is 0 Å². The van der Waals surface area contributed by atoms with Gasteiger partial charge in [-0.15, -0.1) is 0 Å². The van der Waals surface area contributed by atoms with Gasteiger partial charge in [-0.2, -0.15) is 0 Å². The highest BCUT2D eigenvalue weighted by Crippen LogP contribution is 2.06. The Labute approximate surface area is 70.4 Å². The molecule has 0 bridgehead atoms. The lowest BCUT2D eigenvalue weighted by molar-refractivity contribution is -0.135. The van der Waals surface area contributed by atoms with E-state index in [2.05, 4.69) is 4.98 Å². The number of hydrogen-bond donors (Lipinski definition) is 1.